The molecule has 0 spiro atoms. The van der Waals surface area contributed by atoms with E-state index in [2.05, 4.69) is 11.0 Å². The van der Waals surface area contributed by atoms with Crippen LogP contribution in [0, 0.1) is 12.3 Å². The first kappa shape index (κ1) is 23.6. The minimum Gasteiger partial charge on any atom is -0.462 e. The normalized spacial score (nSPS) is 16.6. The third-order valence-electron chi connectivity index (χ3n) is 3.26. The van der Waals surface area contributed by atoms with E-state index < -0.39 is 30.9 Å². The van der Waals surface area contributed by atoms with Crippen LogP contribution in [0.5, 0.6) is 5.75 Å². The molecule has 0 aliphatic heterocycles. The fourth-order valence-corrected chi connectivity index (χ4v) is 4.32. The molecule has 1 aromatic carbocycles. The Bertz CT molecular complexity index is 678. The van der Waals surface area contributed by atoms with E-state index in [4.69, 9.17) is 36.8 Å². The Labute approximate surface area is 165 Å². The molecule has 4 atom stereocenters. The number of para-hydroxylation sites is 1. The van der Waals surface area contributed by atoms with Gasteiger partial charge >= 0.3 is 12.6 Å². The summed E-state index contributed by atoms with van der Waals surface area (Å²) < 4.78 is 21.9. The summed E-state index contributed by atoms with van der Waals surface area (Å²) >= 11 is 5.54. The first-order chi connectivity index (χ1) is 12.7. The van der Waals surface area contributed by atoms with Crippen LogP contribution in [0.2, 0.25) is 0 Å². The zero-order chi connectivity index (χ0) is 20.4. The number of hydrogen-bond acceptors (Lipinski definition) is 7. The van der Waals surface area contributed by atoms with E-state index >= 15 is 0 Å². The Morgan fingerprint density at radius 1 is 1.33 bits per heavy atom. The summed E-state index contributed by atoms with van der Waals surface area (Å²) in [6.45, 7) is 1.80. The lowest BCUT2D eigenvalue weighted by atomic mass is 10.2. The Morgan fingerprint density at radius 2 is 1.96 bits per heavy atom. The lowest BCUT2D eigenvalue weighted by Crippen LogP contribution is -2.37. The number of aliphatic hydroxyl groups excluding tert-OH is 1. The van der Waals surface area contributed by atoms with Crippen LogP contribution in [-0.2, 0) is 30.6 Å². The predicted molar refractivity (Wildman–Crippen MR) is 107 cm³/mol. The Hall–Kier alpha value is -1.46. The van der Waals surface area contributed by atoms with Crippen molar-refractivity contribution in [2.24, 2.45) is 0 Å². The van der Waals surface area contributed by atoms with Crippen LogP contribution in [0.1, 0.15) is 20.8 Å². The number of carbonyl (C=O) groups is 1. The second-order valence-electron chi connectivity index (χ2n) is 5.92. The van der Waals surface area contributed by atoms with E-state index in [1.54, 1.807) is 45.0 Å². The van der Waals surface area contributed by atoms with Crippen molar-refractivity contribution in [2.75, 3.05) is 13.7 Å². The van der Waals surface area contributed by atoms with Crippen molar-refractivity contribution in [1.82, 2.24) is 5.09 Å². The lowest BCUT2D eigenvalue weighted by molar-refractivity contribution is -0.149. The smallest absolute Gasteiger partial charge is 0.323 e. The van der Waals surface area contributed by atoms with E-state index in [-0.39, 0.29) is 12.7 Å². The fourth-order valence-electron chi connectivity index (χ4n) is 1.90. The number of rotatable bonds is 11. The van der Waals surface area contributed by atoms with Gasteiger partial charge in [0.2, 0.25) is 0 Å². The van der Waals surface area contributed by atoms with E-state index in [1.165, 1.54) is 7.11 Å². The molecule has 2 unspecified atom stereocenters. The van der Waals surface area contributed by atoms with Gasteiger partial charge in [-0.2, -0.15) is 0 Å². The summed E-state index contributed by atoms with van der Waals surface area (Å²) in [5, 5.41) is 12.7. The molecule has 0 fully saturated rings. The highest BCUT2D eigenvalue weighted by Crippen LogP contribution is 2.45. The molecule has 0 amide bonds. The molecule has 150 valence electrons. The van der Waals surface area contributed by atoms with Gasteiger partial charge in [-0.25, -0.2) is 5.09 Å². The number of esters is 1. The number of ether oxygens (including phenoxy) is 2. The Morgan fingerprint density at radius 3 is 2.48 bits per heavy atom. The van der Waals surface area contributed by atoms with E-state index in [1.807, 2.05) is 6.07 Å². The molecule has 9 heteroatoms. The summed E-state index contributed by atoms with van der Waals surface area (Å²) in [7, 11) is 1.40. The first-order valence-corrected chi connectivity index (χ1v) is 11.0. The number of carbonyl (C=O) groups excluding carboxylic acids is 1. The number of nitrogens with one attached hydrogen (secondary N) is 1. The zero-order valence-electron chi connectivity index (χ0n) is 15.8. The average Bonchev–Trinajstić information content (AvgIpc) is 2.62. The summed E-state index contributed by atoms with van der Waals surface area (Å²) in [6, 6.07) is 8.07. The van der Waals surface area contributed by atoms with Gasteiger partial charge in [-0.15, -0.1) is 6.42 Å². The maximum absolute atomic E-state index is 12.1. The number of benzene rings is 1. The van der Waals surface area contributed by atoms with Crippen LogP contribution in [0.3, 0.4) is 0 Å². The topological polar surface area (TPSA) is 86.3 Å². The molecular weight excluding hydrogens is 389 g/mol. The summed E-state index contributed by atoms with van der Waals surface area (Å²) in [5.74, 6) is 2.17. The number of terminal acetylenes is 1. The molecule has 0 aliphatic rings. The van der Waals surface area contributed by atoms with Gasteiger partial charge < -0.3 is 23.6 Å². The van der Waals surface area contributed by atoms with Crippen molar-refractivity contribution in [1.29, 1.82) is 0 Å². The molecule has 0 heterocycles. The second kappa shape index (κ2) is 11.4. The van der Waals surface area contributed by atoms with Crippen LogP contribution in [0.25, 0.3) is 0 Å². The first-order valence-electron chi connectivity index (χ1n) is 8.35. The minimum atomic E-state index is -3.19. The van der Waals surface area contributed by atoms with Crippen LogP contribution in [-0.4, -0.2) is 49.1 Å². The lowest BCUT2D eigenvalue weighted by Gasteiger charge is -2.28. The van der Waals surface area contributed by atoms with Gasteiger partial charge in [0.05, 0.1) is 12.7 Å². The summed E-state index contributed by atoms with van der Waals surface area (Å²) in [6.07, 6.45) is 2.99. The van der Waals surface area contributed by atoms with Gasteiger partial charge in [-0.3, -0.25) is 4.79 Å². The van der Waals surface area contributed by atoms with Crippen LogP contribution in [0.4, 0.5) is 0 Å². The highest BCUT2D eigenvalue weighted by molar-refractivity contribution is 8.09. The zero-order valence-corrected chi connectivity index (χ0v) is 17.5. The predicted octanol–water partition coefficient (Wildman–Crippen LogP) is 2.25. The molecule has 0 aliphatic carbocycles. The van der Waals surface area contributed by atoms with Crippen molar-refractivity contribution in [2.45, 2.75) is 45.1 Å². The van der Waals surface area contributed by atoms with Crippen LogP contribution >= 0.6 is 6.64 Å². The van der Waals surface area contributed by atoms with E-state index in [9.17, 15) is 9.90 Å². The largest absolute Gasteiger partial charge is 0.462 e. The van der Waals surface area contributed by atoms with Gasteiger partial charge in [0.1, 0.15) is 24.0 Å². The minimum absolute atomic E-state index is 0.120. The SMILES string of the molecule is C#C[C@H](O)[C@@H](COP(=S)(NC(C)C(=O)OC(C)C)Oc1ccccc1)OC. The molecule has 1 aromatic rings. The van der Waals surface area contributed by atoms with Gasteiger partial charge in [-0.05, 0) is 44.7 Å². The van der Waals surface area contributed by atoms with Crippen molar-refractivity contribution in [3.63, 3.8) is 0 Å². The maximum Gasteiger partial charge on any atom is 0.323 e. The Kier molecular flexibility index (Phi) is 9.95. The van der Waals surface area contributed by atoms with Crippen molar-refractivity contribution in [3.05, 3.63) is 30.3 Å². The quantitative estimate of drug-likeness (QED) is 0.323. The van der Waals surface area contributed by atoms with E-state index in [0.717, 1.165) is 0 Å². The number of aliphatic hydroxyl groups is 1. The van der Waals surface area contributed by atoms with E-state index in [0.29, 0.717) is 5.75 Å². The summed E-state index contributed by atoms with van der Waals surface area (Å²) in [4.78, 5) is 12.1. The van der Waals surface area contributed by atoms with Gasteiger partial charge in [-0.1, -0.05) is 24.1 Å². The van der Waals surface area contributed by atoms with Crippen LogP contribution < -0.4 is 9.61 Å². The average molecular weight is 415 g/mol. The highest BCUT2D eigenvalue weighted by Gasteiger charge is 2.30. The molecule has 0 bridgehead atoms. The number of hydrogen-bond donors (Lipinski definition) is 2. The molecule has 0 radical (unpaired) electrons. The molecule has 27 heavy (non-hydrogen) atoms. The fraction of sp³-hybridized carbons (Fsp3) is 0.500. The standard InChI is InChI=1S/C18H26NO6PS/c1-6-16(20)17(22-5)12-23-26(27,25-15-10-8-7-9-11-15)19-14(4)18(21)24-13(2)3/h1,7-11,13-14,16-17,20H,12H2,2-5H3,(H,19,27)/t14?,16-,17+,26?/m0/s1. The molecule has 7 nitrogen and oxygen atoms in total. The molecular formula is C18H26NO6PS. The second-order valence-corrected chi connectivity index (χ2v) is 9.06. The third-order valence-corrected chi connectivity index (χ3v) is 5.76. The molecule has 0 saturated heterocycles. The van der Waals surface area contributed by atoms with Crippen molar-refractivity contribution < 1.29 is 28.4 Å². The highest BCUT2D eigenvalue weighted by atomic mass is 32.5. The monoisotopic (exact) mass is 415 g/mol. The molecule has 2 N–H and O–H groups in total. The third kappa shape index (κ3) is 8.39. The van der Waals surface area contributed by atoms with Crippen molar-refractivity contribution in [3.8, 4) is 18.1 Å². The molecule has 1 rings (SSSR count). The van der Waals surface area contributed by atoms with Crippen LogP contribution in [0.15, 0.2) is 30.3 Å². The molecule has 0 saturated carbocycles. The van der Waals surface area contributed by atoms with Crippen molar-refractivity contribution >= 4 is 24.4 Å². The van der Waals surface area contributed by atoms with Gasteiger partial charge in [0.25, 0.3) is 0 Å². The van der Waals surface area contributed by atoms with Gasteiger partial charge in [0.15, 0.2) is 0 Å². The maximum atomic E-state index is 12.1. The van der Waals surface area contributed by atoms with Gasteiger partial charge in [0, 0.05) is 7.11 Å². The summed E-state index contributed by atoms with van der Waals surface area (Å²) in [5.41, 5.74) is 0. The Balaban J connectivity index is 2.93. The number of methoxy groups -OCH3 is 1. The molecule has 0 aromatic heterocycles.